The van der Waals surface area contributed by atoms with Crippen LogP contribution in [0.25, 0.3) is 0 Å². The fourth-order valence-corrected chi connectivity index (χ4v) is 4.60. The van der Waals surface area contributed by atoms with Gasteiger partial charge in [-0.25, -0.2) is 0 Å². The molecule has 0 aliphatic carbocycles. The molecule has 0 bridgehead atoms. The van der Waals surface area contributed by atoms with E-state index < -0.39 is 17.9 Å². The largest absolute Gasteiger partial charge is 3.00 e. The van der Waals surface area contributed by atoms with Gasteiger partial charge >= 0.3 is 39.9 Å². The second-order valence-corrected chi connectivity index (χ2v) is 10.1. The molecule has 1 rings (SSSR count). The fraction of sp³-hybridized carbons (Fsp3) is 0.840. The van der Waals surface area contributed by atoms with Crippen LogP contribution in [-0.2, 0) is 19.2 Å². The molecule has 1 atom stereocenters. The van der Waals surface area contributed by atoms with Crippen molar-refractivity contribution in [2.75, 3.05) is 91.6 Å². The Balaban J connectivity index is 0.0000152. The summed E-state index contributed by atoms with van der Waals surface area (Å²) in [5.41, 5.74) is 11.2. The molecule has 0 spiro atoms. The SMILES string of the molecule is NCCCCCC(CCCN)NC(=O)CN1CCN(CC(=O)[O-])CCN(CC(=O)[O-])CCN(CC(=O)[O-])CC1.[Gd+3]. The number of unbranched alkanes of at least 4 members (excludes halogenated alkanes) is 2. The molecule has 231 valence electrons. The Morgan fingerprint density at radius 2 is 0.925 bits per heavy atom. The second kappa shape index (κ2) is 23.5. The summed E-state index contributed by atoms with van der Waals surface area (Å²) < 4.78 is 0. The van der Waals surface area contributed by atoms with E-state index in [1.165, 1.54) is 0 Å². The van der Waals surface area contributed by atoms with Crippen LogP contribution in [0.5, 0.6) is 0 Å². The number of carbonyl (C=O) groups is 4. The third-order valence-corrected chi connectivity index (χ3v) is 6.73. The van der Waals surface area contributed by atoms with Gasteiger partial charge < -0.3 is 46.5 Å². The fourth-order valence-electron chi connectivity index (χ4n) is 4.60. The van der Waals surface area contributed by atoms with E-state index in [-0.39, 0.29) is 104 Å². The molecule has 0 aromatic carbocycles. The van der Waals surface area contributed by atoms with Crippen LogP contribution in [0.3, 0.4) is 0 Å². The van der Waals surface area contributed by atoms with Gasteiger partial charge in [-0.05, 0) is 38.8 Å². The first-order valence-corrected chi connectivity index (χ1v) is 13.8. The average molecular weight is 714 g/mol. The summed E-state index contributed by atoms with van der Waals surface area (Å²) in [6, 6.07) is -0.00912. The summed E-state index contributed by atoms with van der Waals surface area (Å²) in [7, 11) is 0. The summed E-state index contributed by atoms with van der Waals surface area (Å²) >= 11 is 0. The van der Waals surface area contributed by atoms with Crippen LogP contribution >= 0.6 is 0 Å². The first-order valence-electron chi connectivity index (χ1n) is 13.8. The summed E-state index contributed by atoms with van der Waals surface area (Å²) in [5.74, 6) is -3.95. The third kappa shape index (κ3) is 19.9. The smallest absolute Gasteiger partial charge is 0.549 e. The predicted octanol–water partition coefficient (Wildman–Crippen LogP) is -5.80. The zero-order valence-corrected chi connectivity index (χ0v) is 25.6. The predicted molar refractivity (Wildman–Crippen MR) is 139 cm³/mol. The Morgan fingerprint density at radius 1 is 0.575 bits per heavy atom. The maximum atomic E-state index is 13.0. The quantitative estimate of drug-likeness (QED) is 0.120. The van der Waals surface area contributed by atoms with E-state index in [2.05, 4.69) is 5.32 Å². The Bertz CT molecular complexity index is 718. The molecule has 0 saturated carbocycles. The standard InChI is InChI=1S/C25H49N7O7.Gd/c26-7-3-1-2-5-21(6-4-8-27)28-22(33)17-29-9-11-30(18-23(34)35)13-15-32(20-25(38)39)16-14-31(12-10-29)19-24(36)37;/h21H,1-20,26-27H2,(H,28,33)(H,34,35)(H,36,37)(H,38,39);/q;+3/p-3. The zero-order chi connectivity index (χ0) is 29.0. The molecule has 1 aliphatic heterocycles. The molecule has 15 heteroatoms. The average Bonchev–Trinajstić information content (AvgIpc) is 2.85. The molecule has 1 radical (unpaired) electrons. The van der Waals surface area contributed by atoms with Gasteiger partial charge in [0, 0.05) is 78.0 Å². The first kappa shape index (κ1) is 39.0. The topological polar surface area (TPSA) is 214 Å². The summed E-state index contributed by atoms with van der Waals surface area (Å²) in [5, 5.41) is 36.9. The van der Waals surface area contributed by atoms with Crippen LogP contribution in [0.2, 0.25) is 0 Å². The minimum atomic E-state index is -1.28. The number of hydrogen-bond acceptors (Lipinski definition) is 13. The number of nitrogens with one attached hydrogen (secondary N) is 1. The van der Waals surface area contributed by atoms with Crippen LogP contribution < -0.4 is 32.1 Å². The van der Waals surface area contributed by atoms with Gasteiger partial charge in [-0.15, -0.1) is 0 Å². The molecule has 1 heterocycles. The van der Waals surface area contributed by atoms with Crippen molar-refractivity contribution < 1.29 is 74.4 Å². The molecular weight excluding hydrogens is 668 g/mol. The summed E-state index contributed by atoms with van der Waals surface area (Å²) in [6.07, 6.45) is 5.25. The summed E-state index contributed by atoms with van der Waals surface area (Å²) in [6.45, 7) is 2.51. The Labute approximate surface area is 269 Å². The molecule has 1 amide bonds. The molecule has 14 nitrogen and oxygen atoms in total. The molecule has 0 aromatic rings. The van der Waals surface area contributed by atoms with E-state index in [0.717, 1.165) is 38.5 Å². The Kier molecular flexibility index (Phi) is 22.9. The minimum Gasteiger partial charge on any atom is -0.549 e. The maximum absolute atomic E-state index is 13.0. The number of nitrogens with zero attached hydrogens (tertiary/aromatic N) is 4. The van der Waals surface area contributed by atoms with Crippen LogP contribution in [0, 0.1) is 39.9 Å². The van der Waals surface area contributed by atoms with E-state index in [4.69, 9.17) is 11.5 Å². The maximum Gasteiger partial charge on any atom is 3.00 e. The second-order valence-electron chi connectivity index (χ2n) is 10.1. The Morgan fingerprint density at radius 3 is 1.27 bits per heavy atom. The van der Waals surface area contributed by atoms with Crippen molar-refractivity contribution in [3.63, 3.8) is 0 Å². The summed E-state index contributed by atoms with van der Waals surface area (Å²) in [4.78, 5) is 53.6. The van der Waals surface area contributed by atoms with Gasteiger partial charge in [-0.1, -0.05) is 12.8 Å². The van der Waals surface area contributed by atoms with Crippen LogP contribution in [0.4, 0.5) is 0 Å². The molecule has 5 N–H and O–H groups in total. The van der Waals surface area contributed by atoms with E-state index in [1.54, 1.807) is 14.7 Å². The molecular formula is C25H46GdN7O7. The van der Waals surface area contributed by atoms with Gasteiger partial charge in [-0.3, -0.25) is 24.4 Å². The van der Waals surface area contributed by atoms with Crippen LogP contribution in [0.1, 0.15) is 38.5 Å². The van der Waals surface area contributed by atoms with Gasteiger partial charge in [0.25, 0.3) is 0 Å². The zero-order valence-electron chi connectivity index (χ0n) is 23.4. The Hall–Kier alpha value is -1.04. The van der Waals surface area contributed by atoms with Crippen LogP contribution in [-0.4, -0.2) is 141 Å². The normalized spacial score (nSPS) is 17.6. The van der Waals surface area contributed by atoms with Gasteiger partial charge in [0.2, 0.25) is 5.91 Å². The first-order chi connectivity index (χ1) is 18.6. The van der Waals surface area contributed by atoms with E-state index in [0.29, 0.717) is 39.3 Å². The molecule has 1 aliphatic rings. The molecule has 1 fully saturated rings. The van der Waals surface area contributed by atoms with Gasteiger partial charge in [-0.2, -0.15) is 0 Å². The number of carbonyl (C=O) groups excluding carboxylic acids is 4. The van der Waals surface area contributed by atoms with E-state index in [9.17, 15) is 34.5 Å². The van der Waals surface area contributed by atoms with Crippen molar-refractivity contribution in [1.82, 2.24) is 24.9 Å². The minimum absolute atomic E-state index is 0. The van der Waals surface area contributed by atoms with Gasteiger partial charge in [0.1, 0.15) is 0 Å². The van der Waals surface area contributed by atoms with Crippen LogP contribution in [0.15, 0.2) is 0 Å². The van der Waals surface area contributed by atoms with Crippen molar-refractivity contribution in [2.24, 2.45) is 11.5 Å². The molecule has 40 heavy (non-hydrogen) atoms. The monoisotopic (exact) mass is 714 g/mol. The number of hydrogen-bond donors (Lipinski definition) is 3. The third-order valence-electron chi connectivity index (χ3n) is 6.73. The van der Waals surface area contributed by atoms with Gasteiger partial charge in [0.15, 0.2) is 0 Å². The number of carboxylic acids is 3. The van der Waals surface area contributed by atoms with Crippen molar-refractivity contribution in [1.29, 1.82) is 0 Å². The van der Waals surface area contributed by atoms with E-state index >= 15 is 0 Å². The molecule has 1 unspecified atom stereocenters. The van der Waals surface area contributed by atoms with Crippen molar-refractivity contribution in [3.8, 4) is 0 Å². The number of carboxylic acid groups (broad SMARTS) is 3. The number of rotatable bonds is 17. The van der Waals surface area contributed by atoms with Crippen molar-refractivity contribution in [3.05, 3.63) is 0 Å². The van der Waals surface area contributed by atoms with Gasteiger partial charge in [0.05, 0.1) is 24.5 Å². The van der Waals surface area contributed by atoms with Crippen molar-refractivity contribution >= 4 is 23.8 Å². The van der Waals surface area contributed by atoms with Crippen molar-refractivity contribution in [2.45, 2.75) is 44.6 Å². The number of aliphatic carboxylic acids is 3. The number of nitrogens with two attached hydrogens (primary N) is 2. The molecule has 0 aromatic heterocycles. The molecule has 1 saturated heterocycles. The van der Waals surface area contributed by atoms with E-state index in [1.807, 2.05) is 4.90 Å². The number of amides is 1.